The molecule has 1 atom stereocenters. The van der Waals surface area contributed by atoms with E-state index >= 15 is 0 Å². The summed E-state index contributed by atoms with van der Waals surface area (Å²) in [6.45, 7) is 2.95. The Balaban J connectivity index is 1.83. The van der Waals surface area contributed by atoms with Crippen LogP contribution in [-0.4, -0.2) is 63.8 Å². The second-order valence-corrected chi connectivity index (χ2v) is 8.60. The van der Waals surface area contributed by atoms with Gasteiger partial charge in [0.15, 0.2) is 0 Å². The van der Waals surface area contributed by atoms with E-state index in [2.05, 4.69) is 10.2 Å². The van der Waals surface area contributed by atoms with Gasteiger partial charge < -0.3 is 15.0 Å². The van der Waals surface area contributed by atoms with Crippen molar-refractivity contribution in [2.75, 3.05) is 49.3 Å². The molecule has 25 heavy (non-hydrogen) atoms. The van der Waals surface area contributed by atoms with Crippen molar-refractivity contribution in [1.29, 1.82) is 0 Å². The molecule has 1 amide bonds. The van der Waals surface area contributed by atoms with E-state index in [1.807, 2.05) is 0 Å². The monoisotopic (exact) mass is 387 g/mol. The maximum absolute atomic E-state index is 12.7. The number of carbonyl (C=O) groups excluding carboxylic acids is 1. The van der Waals surface area contributed by atoms with Crippen molar-refractivity contribution < 1.29 is 17.9 Å². The van der Waals surface area contributed by atoms with Gasteiger partial charge in [0, 0.05) is 19.6 Å². The van der Waals surface area contributed by atoms with E-state index in [0.717, 1.165) is 11.9 Å². The Bertz CT molecular complexity index is 750. The van der Waals surface area contributed by atoms with Gasteiger partial charge in [-0.2, -0.15) is 4.31 Å². The average molecular weight is 388 g/mol. The number of rotatable bonds is 4. The number of carbonyl (C=O) groups is 1. The highest BCUT2D eigenvalue weighted by atomic mass is 35.5. The molecule has 138 valence electrons. The van der Waals surface area contributed by atoms with Crippen molar-refractivity contribution in [3.05, 3.63) is 23.2 Å². The van der Waals surface area contributed by atoms with Gasteiger partial charge in [-0.05, 0) is 25.0 Å². The molecule has 2 aliphatic heterocycles. The number of hydrogen-bond donors (Lipinski definition) is 1. The number of amides is 1. The Morgan fingerprint density at radius 1 is 1.28 bits per heavy atom. The zero-order valence-corrected chi connectivity index (χ0v) is 15.6. The zero-order chi connectivity index (χ0) is 18.0. The molecule has 2 aliphatic rings. The van der Waals surface area contributed by atoms with Gasteiger partial charge in [0.05, 0.1) is 35.9 Å². The van der Waals surface area contributed by atoms with Crippen LogP contribution in [0.15, 0.2) is 18.2 Å². The van der Waals surface area contributed by atoms with Crippen molar-refractivity contribution in [3.63, 3.8) is 0 Å². The molecule has 2 fully saturated rings. The second kappa shape index (κ2) is 7.49. The number of para-hydroxylation sites is 1. The SMILES string of the molecule is CS(=O)(=O)N1CCCC1C(=O)Nc1cccc(Cl)c1N1CCOCC1. The minimum Gasteiger partial charge on any atom is -0.378 e. The number of nitrogens with one attached hydrogen (secondary N) is 1. The first-order chi connectivity index (χ1) is 11.9. The molecule has 0 aliphatic carbocycles. The molecule has 0 bridgehead atoms. The normalized spacial score (nSPS) is 22.2. The summed E-state index contributed by atoms with van der Waals surface area (Å²) in [5, 5.41) is 3.43. The fourth-order valence-corrected chi connectivity index (χ4v) is 4.76. The van der Waals surface area contributed by atoms with Gasteiger partial charge in [-0.25, -0.2) is 8.42 Å². The lowest BCUT2D eigenvalue weighted by atomic mass is 10.2. The van der Waals surface area contributed by atoms with Gasteiger partial charge in [-0.15, -0.1) is 0 Å². The van der Waals surface area contributed by atoms with Gasteiger partial charge in [0.25, 0.3) is 0 Å². The summed E-state index contributed by atoms with van der Waals surface area (Å²) in [7, 11) is -3.41. The fourth-order valence-electron chi connectivity index (χ4n) is 3.34. The van der Waals surface area contributed by atoms with E-state index < -0.39 is 16.1 Å². The number of halogens is 1. The molecule has 0 radical (unpaired) electrons. The summed E-state index contributed by atoms with van der Waals surface area (Å²) in [5.74, 6) is -0.320. The van der Waals surface area contributed by atoms with Crippen LogP contribution in [-0.2, 0) is 19.6 Å². The van der Waals surface area contributed by atoms with E-state index in [4.69, 9.17) is 16.3 Å². The molecule has 1 aromatic rings. The largest absolute Gasteiger partial charge is 0.378 e. The number of nitrogens with zero attached hydrogens (tertiary/aromatic N) is 2. The molecule has 1 N–H and O–H groups in total. The summed E-state index contributed by atoms with van der Waals surface area (Å²) in [6.07, 6.45) is 2.33. The molecule has 0 saturated carbocycles. The Morgan fingerprint density at radius 3 is 2.68 bits per heavy atom. The lowest BCUT2D eigenvalue weighted by Crippen LogP contribution is -2.43. The first kappa shape index (κ1) is 18.4. The van der Waals surface area contributed by atoms with Crippen molar-refractivity contribution in [1.82, 2.24) is 4.31 Å². The predicted molar refractivity (Wildman–Crippen MR) is 97.7 cm³/mol. The third-order valence-electron chi connectivity index (χ3n) is 4.50. The Labute approximate surface area is 152 Å². The van der Waals surface area contributed by atoms with Crippen molar-refractivity contribution >= 4 is 38.9 Å². The number of ether oxygens (including phenoxy) is 1. The molecular formula is C16H22ClN3O4S. The third-order valence-corrected chi connectivity index (χ3v) is 6.10. The van der Waals surface area contributed by atoms with Crippen molar-refractivity contribution in [2.45, 2.75) is 18.9 Å². The lowest BCUT2D eigenvalue weighted by molar-refractivity contribution is -0.119. The van der Waals surface area contributed by atoms with E-state index in [1.54, 1.807) is 18.2 Å². The van der Waals surface area contributed by atoms with E-state index in [-0.39, 0.29) is 5.91 Å². The van der Waals surface area contributed by atoms with Crippen LogP contribution in [0.4, 0.5) is 11.4 Å². The number of hydrogen-bond acceptors (Lipinski definition) is 5. The third kappa shape index (κ3) is 4.08. The Kier molecular flexibility index (Phi) is 5.52. The summed E-state index contributed by atoms with van der Waals surface area (Å²) in [4.78, 5) is 14.8. The molecule has 0 spiro atoms. The van der Waals surface area contributed by atoms with E-state index in [1.165, 1.54) is 4.31 Å². The summed E-state index contributed by atoms with van der Waals surface area (Å²) in [6, 6.07) is 4.66. The quantitative estimate of drug-likeness (QED) is 0.847. The van der Waals surface area contributed by atoms with E-state index in [0.29, 0.717) is 56.4 Å². The van der Waals surface area contributed by atoms with E-state index in [9.17, 15) is 13.2 Å². The Morgan fingerprint density at radius 2 is 2.00 bits per heavy atom. The number of morpholine rings is 1. The summed E-state index contributed by atoms with van der Waals surface area (Å²) in [5.41, 5.74) is 1.35. The highest BCUT2D eigenvalue weighted by Gasteiger charge is 2.36. The number of benzene rings is 1. The van der Waals surface area contributed by atoms with Gasteiger partial charge in [-0.3, -0.25) is 4.79 Å². The molecule has 7 nitrogen and oxygen atoms in total. The molecule has 1 aromatic carbocycles. The molecule has 2 saturated heterocycles. The smallest absolute Gasteiger partial charge is 0.242 e. The van der Waals surface area contributed by atoms with Crippen LogP contribution in [0.2, 0.25) is 5.02 Å². The second-order valence-electron chi connectivity index (χ2n) is 6.26. The van der Waals surface area contributed by atoms with Crippen LogP contribution in [0, 0.1) is 0 Å². The first-order valence-corrected chi connectivity index (χ1v) is 10.5. The van der Waals surface area contributed by atoms with Crippen LogP contribution < -0.4 is 10.2 Å². The highest BCUT2D eigenvalue weighted by molar-refractivity contribution is 7.88. The number of sulfonamides is 1. The van der Waals surface area contributed by atoms with Gasteiger partial charge in [0.2, 0.25) is 15.9 Å². The average Bonchev–Trinajstić information content (AvgIpc) is 3.06. The molecular weight excluding hydrogens is 366 g/mol. The van der Waals surface area contributed by atoms with Crippen LogP contribution in [0.1, 0.15) is 12.8 Å². The standard InChI is InChI=1S/C16H22ClN3O4S/c1-25(22,23)20-7-3-6-14(20)16(21)18-13-5-2-4-12(17)15(13)19-8-10-24-11-9-19/h2,4-5,14H,3,6-11H2,1H3,(H,18,21). The van der Waals surface area contributed by atoms with Crippen molar-refractivity contribution in [2.24, 2.45) is 0 Å². The molecule has 1 unspecified atom stereocenters. The maximum atomic E-state index is 12.7. The summed E-state index contributed by atoms with van der Waals surface area (Å²) < 4.78 is 30.4. The van der Waals surface area contributed by atoms with Gasteiger partial charge in [0.1, 0.15) is 6.04 Å². The van der Waals surface area contributed by atoms with Crippen LogP contribution in [0.5, 0.6) is 0 Å². The minimum atomic E-state index is -3.41. The van der Waals surface area contributed by atoms with Crippen molar-refractivity contribution in [3.8, 4) is 0 Å². The predicted octanol–water partition coefficient (Wildman–Crippen LogP) is 1.54. The topological polar surface area (TPSA) is 79.0 Å². The molecule has 0 aromatic heterocycles. The summed E-state index contributed by atoms with van der Waals surface area (Å²) >= 11 is 6.37. The highest BCUT2D eigenvalue weighted by Crippen LogP contribution is 2.35. The molecule has 3 rings (SSSR count). The van der Waals surface area contributed by atoms with Gasteiger partial charge >= 0.3 is 0 Å². The first-order valence-electron chi connectivity index (χ1n) is 8.27. The zero-order valence-electron chi connectivity index (χ0n) is 14.1. The van der Waals surface area contributed by atoms with Crippen LogP contribution in [0.25, 0.3) is 0 Å². The Hall–Kier alpha value is -1.35. The molecule has 2 heterocycles. The fraction of sp³-hybridized carbons (Fsp3) is 0.562. The maximum Gasteiger partial charge on any atom is 0.242 e. The van der Waals surface area contributed by atoms with Crippen LogP contribution >= 0.6 is 11.6 Å². The van der Waals surface area contributed by atoms with Crippen LogP contribution in [0.3, 0.4) is 0 Å². The molecule has 9 heteroatoms. The minimum absolute atomic E-state index is 0.320. The van der Waals surface area contributed by atoms with Gasteiger partial charge in [-0.1, -0.05) is 17.7 Å². The number of anilines is 2. The lowest BCUT2D eigenvalue weighted by Gasteiger charge is -2.31.